The number of hydrogen-bond donors (Lipinski definition) is 3. The molecule has 1 aromatic carbocycles. The van der Waals surface area contributed by atoms with Crippen LogP contribution in [0.4, 0.5) is 5.82 Å². The van der Waals surface area contributed by atoms with E-state index in [1.807, 2.05) is 42.7 Å². The van der Waals surface area contributed by atoms with Gasteiger partial charge in [-0.3, -0.25) is 9.59 Å². The van der Waals surface area contributed by atoms with E-state index in [0.29, 0.717) is 43.3 Å². The zero-order valence-electron chi connectivity index (χ0n) is 23.8. The topological polar surface area (TPSA) is 137 Å². The van der Waals surface area contributed by atoms with Gasteiger partial charge in [-0.25, -0.2) is 9.97 Å². The molecule has 0 bridgehead atoms. The summed E-state index contributed by atoms with van der Waals surface area (Å²) in [5, 5.41) is 17.1. The van der Waals surface area contributed by atoms with E-state index in [-0.39, 0.29) is 37.9 Å². The largest absolute Gasteiger partial charge is 0.389 e. The van der Waals surface area contributed by atoms with Crippen LogP contribution in [0.5, 0.6) is 0 Å². The lowest BCUT2D eigenvalue weighted by atomic mass is 10.0. The molecule has 0 radical (unpaired) electrons. The second kappa shape index (κ2) is 13.3. The van der Waals surface area contributed by atoms with Gasteiger partial charge in [-0.2, -0.15) is 0 Å². The van der Waals surface area contributed by atoms with Crippen molar-refractivity contribution < 1.29 is 28.9 Å². The van der Waals surface area contributed by atoms with E-state index < -0.39 is 17.0 Å². The number of nitrogens with one attached hydrogen (secondary N) is 2. The summed E-state index contributed by atoms with van der Waals surface area (Å²) >= 11 is 0. The van der Waals surface area contributed by atoms with Crippen molar-refractivity contribution in [3.63, 3.8) is 0 Å². The molecule has 0 spiro atoms. The molecule has 11 heteroatoms. The van der Waals surface area contributed by atoms with Gasteiger partial charge in [0.05, 0.1) is 43.0 Å². The van der Waals surface area contributed by atoms with E-state index in [1.54, 1.807) is 27.7 Å². The summed E-state index contributed by atoms with van der Waals surface area (Å²) in [4.78, 5) is 35.4. The van der Waals surface area contributed by atoms with Gasteiger partial charge in [-0.1, -0.05) is 18.2 Å². The fourth-order valence-corrected chi connectivity index (χ4v) is 4.09. The number of pyridine rings is 1. The third-order valence-corrected chi connectivity index (χ3v) is 5.94. The van der Waals surface area contributed by atoms with Crippen molar-refractivity contribution in [1.82, 2.24) is 19.9 Å². The Kier molecular flexibility index (Phi) is 10.4. The second-order valence-electron chi connectivity index (χ2n) is 10.4. The van der Waals surface area contributed by atoms with Gasteiger partial charge in [-0.15, -0.1) is 0 Å². The van der Waals surface area contributed by atoms with Crippen molar-refractivity contribution in [2.75, 3.05) is 38.4 Å². The van der Waals surface area contributed by atoms with E-state index in [0.717, 1.165) is 10.9 Å². The lowest BCUT2D eigenvalue weighted by Gasteiger charge is -2.25. The zero-order chi connectivity index (χ0) is 28.6. The third-order valence-electron chi connectivity index (χ3n) is 5.94. The van der Waals surface area contributed by atoms with Crippen LogP contribution < -0.4 is 10.6 Å². The van der Waals surface area contributed by atoms with Gasteiger partial charge < -0.3 is 34.5 Å². The molecule has 0 aliphatic heterocycles. The standard InChI is InChI=1S/C28H41N5O6/c1-7-37-15-16-39-14-13-22(34)32-28(5,6)26(35)31-25-23-24(19-11-9-10-12-20(19)29-25)33(18-27(3,4)36)21(30-23)17-38-8-2/h9-12,36H,7-8,13-18H2,1-6H3,(H,32,34)(H,29,31,35). The molecule has 0 aliphatic rings. The molecule has 0 saturated carbocycles. The Labute approximate surface area is 229 Å². The number of rotatable bonds is 15. The molecule has 3 rings (SSSR count). The molecule has 2 amide bonds. The van der Waals surface area contributed by atoms with Crippen LogP contribution in [0.3, 0.4) is 0 Å². The number of fused-ring (bicyclic) bond motifs is 3. The highest BCUT2D eigenvalue weighted by atomic mass is 16.5. The zero-order valence-corrected chi connectivity index (χ0v) is 23.8. The van der Waals surface area contributed by atoms with Crippen LogP contribution in [0.2, 0.25) is 0 Å². The number of aromatic nitrogens is 3. The molecule has 0 aliphatic carbocycles. The predicted molar refractivity (Wildman–Crippen MR) is 149 cm³/mol. The summed E-state index contributed by atoms with van der Waals surface area (Å²) in [7, 11) is 0. The maximum absolute atomic E-state index is 13.4. The average molecular weight is 544 g/mol. The van der Waals surface area contributed by atoms with Crippen LogP contribution in [0, 0.1) is 0 Å². The third kappa shape index (κ3) is 8.18. The highest BCUT2D eigenvalue weighted by Crippen LogP contribution is 2.32. The number of carbonyl (C=O) groups excluding carboxylic acids is 2. The lowest BCUT2D eigenvalue weighted by Crippen LogP contribution is -2.52. The fraction of sp³-hybridized carbons (Fsp3) is 0.571. The number of ether oxygens (including phenoxy) is 3. The molecule has 3 N–H and O–H groups in total. The van der Waals surface area contributed by atoms with Crippen LogP contribution in [-0.4, -0.2) is 75.6 Å². The minimum atomic E-state index is -1.23. The number of hydrogen-bond acceptors (Lipinski definition) is 8. The summed E-state index contributed by atoms with van der Waals surface area (Å²) in [5.74, 6) is 0.124. The summed E-state index contributed by atoms with van der Waals surface area (Å²) in [6.45, 7) is 13.2. The molecule has 3 aromatic rings. The summed E-state index contributed by atoms with van der Waals surface area (Å²) in [6, 6.07) is 7.56. The highest BCUT2D eigenvalue weighted by molar-refractivity contribution is 6.11. The average Bonchev–Trinajstić information content (AvgIpc) is 3.21. The fourth-order valence-electron chi connectivity index (χ4n) is 4.09. The Morgan fingerprint density at radius 3 is 2.36 bits per heavy atom. The minimum Gasteiger partial charge on any atom is -0.389 e. The number of anilines is 1. The molecule has 0 saturated heterocycles. The van der Waals surface area contributed by atoms with Crippen molar-refractivity contribution in [3.8, 4) is 0 Å². The Morgan fingerprint density at radius 1 is 0.974 bits per heavy atom. The summed E-state index contributed by atoms with van der Waals surface area (Å²) in [6.07, 6.45) is 0.115. The number of amides is 2. The molecular weight excluding hydrogens is 502 g/mol. The lowest BCUT2D eigenvalue weighted by molar-refractivity contribution is -0.130. The summed E-state index contributed by atoms with van der Waals surface area (Å²) in [5.41, 5.74) is -0.386. The quantitative estimate of drug-likeness (QED) is 0.249. The monoisotopic (exact) mass is 543 g/mol. The van der Waals surface area contributed by atoms with E-state index in [4.69, 9.17) is 24.2 Å². The number of para-hydroxylation sites is 1. The Bertz CT molecular complexity index is 1280. The molecule has 214 valence electrons. The molecule has 0 unspecified atom stereocenters. The van der Waals surface area contributed by atoms with Gasteiger partial charge in [0, 0.05) is 25.0 Å². The summed E-state index contributed by atoms with van der Waals surface area (Å²) < 4.78 is 18.2. The minimum absolute atomic E-state index is 0.115. The number of carbonyl (C=O) groups is 2. The molecule has 39 heavy (non-hydrogen) atoms. The maximum Gasteiger partial charge on any atom is 0.250 e. The number of imidazole rings is 1. The van der Waals surface area contributed by atoms with Gasteiger partial charge in [0.25, 0.3) is 5.91 Å². The van der Waals surface area contributed by atoms with E-state index in [1.165, 1.54) is 0 Å². The first-order chi connectivity index (χ1) is 18.5. The first-order valence-electron chi connectivity index (χ1n) is 13.3. The number of benzene rings is 1. The highest BCUT2D eigenvalue weighted by Gasteiger charge is 2.31. The number of nitrogens with zero attached hydrogens (tertiary/aromatic N) is 3. The molecule has 2 aromatic heterocycles. The smallest absolute Gasteiger partial charge is 0.250 e. The van der Waals surface area contributed by atoms with Crippen LogP contribution in [-0.2, 0) is 37.0 Å². The van der Waals surface area contributed by atoms with Crippen LogP contribution in [0.1, 0.15) is 53.8 Å². The van der Waals surface area contributed by atoms with Gasteiger partial charge in [0.2, 0.25) is 5.91 Å². The molecule has 11 nitrogen and oxygen atoms in total. The first kappa shape index (κ1) is 30.4. The van der Waals surface area contributed by atoms with Gasteiger partial charge in [0.1, 0.15) is 23.5 Å². The van der Waals surface area contributed by atoms with Crippen molar-refractivity contribution in [1.29, 1.82) is 0 Å². The van der Waals surface area contributed by atoms with Crippen molar-refractivity contribution in [2.45, 2.75) is 72.3 Å². The molecule has 2 heterocycles. The Hall–Kier alpha value is -3.12. The molecular formula is C28H41N5O6. The van der Waals surface area contributed by atoms with E-state index in [2.05, 4.69) is 10.6 Å². The van der Waals surface area contributed by atoms with Crippen molar-refractivity contribution in [2.24, 2.45) is 0 Å². The predicted octanol–water partition coefficient (Wildman–Crippen LogP) is 3.17. The van der Waals surface area contributed by atoms with Gasteiger partial charge in [0.15, 0.2) is 5.82 Å². The number of aliphatic hydroxyl groups is 1. The van der Waals surface area contributed by atoms with Gasteiger partial charge in [-0.05, 0) is 47.6 Å². The van der Waals surface area contributed by atoms with E-state index >= 15 is 0 Å². The van der Waals surface area contributed by atoms with Crippen LogP contribution in [0.15, 0.2) is 24.3 Å². The molecule has 0 fully saturated rings. The first-order valence-corrected chi connectivity index (χ1v) is 13.3. The SMILES string of the molecule is CCOCCOCCC(=O)NC(C)(C)C(=O)Nc1nc2ccccc2c2c1nc(COCC)n2CC(C)(C)O. The van der Waals surface area contributed by atoms with Crippen LogP contribution in [0.25, 0.3) is 21.9 Å². The van der Waals surface area contributed by atoms with Crippen molar-refractivity contribution in [3.05, 3.63) is 30.1 Å². The Balaban J connectivity index is 1.89. The molecule has 0 atom stereocenters. The second-order valence-corrected chi connectivity index (χ2v) is 10.4. The van der Waals surface area contributed by atoms with Crippen molar-refractivity contribution >= 4 is 39.6 Å². The van der Waals surface area contributed by atoms with Crippen LogP contribution >= 0.6 is 0 Å². The maximum atomic E-state index is 13.4. The normalized spacial score (nSPS) is 12.3. The van der Waals surface area contributed by atoms with Gasteiger partial charge >= 0.3 is 0 Å². The Morgan fingerprint density at radius 2 is 1.67 bits per heavy atom. The van der Waals surface area contributed by atoms with E-state index in [9.17, 15) is 14.7 Å².